The van der Waals surface area contributed by atoms with E-state index in [0.29, 0.717) is 17.2 Å². The van der Waals surface area contributed by atoms with Crippen molar-refractivity contribution in [3.05, 3.63) is 23.8 Å². The molecule has 0 fully saturated rings. The second-order valence-corrected chi connectivity index (χ2v) is 4.72. The fourth-order valence-corrected chi connectivity index (χ4v) is 1.81. The third-order valence-corrected chi connectivity index (χ3v) is 3.14. The zero-order chi connectivity index (χ0) is 13.0. The molecule has 0 bridgehead atoms. The maximum Gasteiger partial charge on any atom is 0.161 e. The number of hydrogen-bond acceptors (Lipinski definition) is 3. The van der Waals surface area contributed by atoms with E-state index in [1.54, 1.807) is 6.07 Å². The Balaban J connectivity index is 2.86. The highest BCUT2D eigenvalue weighted by Crippen LogP contribution is 2.22. The van der Waals surface area contributed by atoms with Gasteiger partial charge in [0, 0.05) is 30.5 Å². The van der Waals surface area contributed by atoms with Crippen LogP contribution in [0.1, 0.15) is 37.6 Å². The van der Waals surface area contributed by atoms with Gasteiger partial charge in [-0.15, -0.1) is 0 Å². The summed E-state index contributed by atoms with van der Waals surface area (Å²) in [4.78, 5) is 13.5. The number of hydrogen-bond donors (Lipinski definition) is 1. The van der Waals surface area contributed by atoms with Crippen LogP contribution in [0.25, 0.3) is 0 Å². The number of carbonyl (C=O) groups excluding carboxylic acids is 1. The number of nitrogens with zero attached hydrogens (tertiary/aromatic N) is 1. The molecule has 17 heavy (non-hydrogen) atoms. The van der Waals surface area contributed by atoms with Gasteiger partial charge >= 0.3 is 0 Å². The largest absolute Gasteiger partial charge is 0.398 e. The molecule has 0 radical (unpaired) electrons. The summed E-state index contributed by atoms with van der Waals surface area (Å²) in [5, 5.41) is 0. The highest BCUT2D eigenvalue weighted by molar-refractivity contribution is 5.99. The fourth-order valence-electron chi connectivity index (χ4n) is 1.81. The van der Waals surface area contributed by atoms with Crippen LogP contribution in [0.15, 0.2) is 18.2 Å². The van der Waals surface area contributed by atoms with Crippen LogP contribution in [0.2, 0.25) is 0 Å². The van der Waals surface area contributed by atoms with Crippen LogP contribution >= 0.6 is 0 Å². The van der Waals surface area contributed by atoms with Gasteiger partial charge in [-0.05, 0) is 31.0 Å². The van der Waals surface area contributed by atoms with Crippen molar-refractivity contribution in [2.45, 2.75) is 27.2 Å². The molecule has 1 rings (SSSR count). The van der Waals surface area contributed by atoms with E-state index in [2.05, 4.69) is 18.7 Å². The molecular weight excluding hydrogens is 212 g/mol. The highest BCUT2D eigenvalue weighted by atomic mass is 16.1. The van der Waals surface area contributed by atoms with Crippen LogP contribution in [0.4, 0.5) is 11.4 Å². The summed E-state index contributed by atoms with van der Waals surface area (Å²) in [6.45, 7) is 6.94. The predicted molar refractivity (Wildman–Crippen MR) is 73.6 cm³/mol. The first kappa shape index (κ1) is 13.6. The molecule has 0 aliphatic carbocycles. The lowest BCUT2D eigenvalue weighted by molar-refractivity contribution is 0.101. The molecule has 0 aromatic heterocycles. The van der Waals surface area contributed by atoms with Crippen molar-refractivity contribution in [3.63, 3.8) is 0 Å². The summed E-state index contributed by atoms with van der Waals surface area (Å²) >= 11 is 0. The van der Waals surface area contributed by atoms with Gasteiger partial charge in [0.1, 0.15) is 0 Å². The van der Waals surface area contributed by atoms with Crippen molar-refractivity contribution in [2.75, 3.05) is 24.2 Å². The number of ketones is 1. The number of carbonyl (C=O) groups is 1. The topological polar surface area (TPSA) is 46.3 Å². The lowest BCUT2D eigenvalue weighted by Gasteiger charge is -2.23. The molecule has 3 heteroatoms. The minimum atomic E-state index is 0.0126. The Labute approximate surface area is 104 Å². The van der Waals surface area contributed by atoms with E-state index in [0.717, 1.165) is 18.7 Å². The van der Waals surface area contributed by atoms with Gasteiger partial charge in [-0.25, -0.2) is 0 Å². The van der Waals surface area contributed by atoms with Crippen molar-refractivity contribution < 1.29 is 4.79 Å². The van der Waals surface area contributed by atoms with Crippen LogP contribution in [0.3, 0.4) is 0 Å². The lowest BCUT2D eigenvalue weighted by atomic mass is 10.1. The number of benzene rings is 1. The lowest BCUT2D eigenvalue weighted by Crippen LogP contribution is -2.23. The van der Waals surface area contributed by atoms with Crippen LogP contribution in [0, 0.1) is 5.92 Å². The van der Waals surface area contributed by atoms with Crippen molar-refractivity contribution in [1.82, 2.24) is 0 Å². The summed E-state index contributed by atoms with van der Waals surface area (Å²) in [5.74, 6) is 0.660. The second kappa shape index (κ2) is 5.71. The Kier molecular flexibility index (Phi) is 4.55. The molecule has 1 unspecified atom stereocenters. The number of anilines is 2. The molecule has 2 N–H and O–H groups in total. The highest BCUT2D eigenvalue weighted by Gasteiger charge is 2.09. The molecule has 1 atom stereocenters. The molecule has 0 amide bonds. The molecule has 94 valence electrons. The maximum atomic E-state index is 11.3. The van der Waals surface area contributed by atoms with Crippen LogP contribution < -0.4 is 10.6 Å². The molecule has 0 aliphatic heterocycles. The van der Waals surface area contributed by atoms with E-state index >= 15 is 0 Å². The average Bonchev–Trinajstić information content (AvgIpc) is 2.28. The van der Waals surface area contributed by atoms with Crippen molar-refractivity contribution in [3.8, 4) is 0 Å². The third-order valence-electron chi connectivity index (χ3n) is 3.14. The molecule has 0 heterocycles. The molecule has 1 aromatic carbocycles. The first-order chi connectivity index (χ1) is 7.95. The molecule has 0 saturated carbocycles. The van der Waals surface area contributed by atoms with Crippen molar-refractivity contribution >= 4 is 17.2 Å². The van der Waals surface area contributed by atoms with Gasteiger partial charge in [0.2, 0.25) is 0 Å². The van der Waals surface area contributed by atoms with Gasteiger partial charge < -0.3 is 10.6 Å². The van der Waals surface area contributed by atoms with Crippen molar-refractivity contribution in [2.24, 2.45) is 5.92 Å². The Morgan fingerprint density at radius 2 is 2.12 bits per heavy atom. The van der Waals surface area contributed by atoms with Gasteiger partial charge in [-0.3, -0.25) is 4.79 Å². The summed E-state index contributed by atoms with van der Waals surface area (Å²) in [6.07, 6.45) is 1.16. The number of Topliss-reactive ketones (excluding diaryl/α,β-unsaturated/α-hetero) is 1. The van der Waals surface area contributed by atoms with E-state index in [1.165, 1.54) is 6.92 Å². The minimum Gasteiger partial charge on any atom is -0.398 e. The molecule has 0 saturated heterocycles. The van der Waals surface area contributed by atoms with Crippen LogP contribution in [-0.4, -0.2) is 19.4 Å². The molecule has 0 aliphatic rings. The van der Waals surface area contributed by atoms with Gasteiger partial charge in [0.05, 0.1) is 0 Å². The Bertz CT molecular complexity index is 401. The standard InChI is InChI=1S/C14H22N2O/c1-5-10(2)9-16(4)12-6-7-13(11(3)17)14(15)8-12/h6-8,10H,5,9,15H2,1-4H3. The minimum absolute atomic E-state index is 0.0126. The van der Waals surface area contributed by atoms with Gasteiger partial charge in [0.15, 0.2) is 5.78 Å². The molecular formula is C14H22N2O. The van der Waals surface area contributed by atoms with E-state index < -0.39 is 0 Å². The Morgan fingerprint density at radius 3 is 2.59 bits per heavy atom. The first-order valence-corrected chi connectivity index (χ1v) is 6.07. The summed E-state index contributed by atoms with van der Waals surface area (Å²) in [6, 6.07) is 5.63. The van der Waals surface area contributed by atoms with Gasteiger partial charge in [-0.2, -0.15) is 0 Å². The quantitative estimate of drug-likeness (QED) is 0.629. The second-order valence-electron chi connectivity index (χ2n) is 4.72. The van der Waals surface area contributed by atoms with Gasteiger partial charge in [-0.1, -0.05) is 20.3 Å². The average molecular weight is 234 g/mol. The molecule has 1 aromatic rings. The smallest absolute Gasteiger partial charge is 0.161 e. The van der Waals surface area contributed by atoms with E-state index in [1.807, 2.05) is 19.2 Å². The summed E-state index contributed by atoms with van der Waals surface area (Å²) in [7, 11) is 2.05. The van der Waals surface area contributed by atoms with Gasteiger partial charge in [0.25, 0.3) is 0 Å². The van der Waals surface area contributed by atoms with Crippen LogP contribution in [0.5, 0.6) is 0 Å². The van der Waals surface area contributed by atoms with E-state index in [4.69, 9.17) is 5.73 Å². The SMILES string of the molecule is CCC(C)CN(C)c1ccc(C(C)=O)c(N)c1. The third kappa shape index (κ3) is 3.48. The molecule has 0 spiro atoms. The maximum absolute atomic E-state index is 11.3. The zero-order valence-electron chi connectivity index (χ0n) is 11.2. The van der Waals surface area contributed by atoms with Crippen LogP contribution in [-0.2, 0) is 0 Å². The number of nitrogen functional groups attached to an aromatic ring is 1. The first-order valence-electron chi connectivity index (χ1n) is 6.07. The predicted octanol–water partition coefficient (Wildman–Crippen LogP) is 2.95. The van der Waals surface area contributed by atoms with Crippen molar-refractivity contribution in [1.29, 1.82) is 0 Å². The Morgan fingerprint density at radius 1 is 1.47 bits per heavy atom. The Hall–Kier alpha value is -1.51. The molecule has 3 nitrogen and oxygen atoms in total. The fraction of sp³-hybridized carbons (Fsp3) is 0.500. The normalized spacial score (nSPS) is 12.2. The van der Waals surface area contributed by atoms with E-state index in [9.17, 15) is 4.79 Å². The summed E-state index contributed by atoms with van der Waals surface area (Å²) in [5.41, 5.74) is 8.10. The number of nitrogens with two attached hydrogens (primary N) is 1. The zero-order valence-corrected chi connectivity index (χ0v) is 11.2. The number of rotatable bonds is 5. The van der Waals surface area contributed by atoms with E-state index in [-0.39, 0.29) is 5.78 Å². The monoisotopic (exact) mass is 234 g/mol. The summed E-state index contributed by atoms with van der Waals surface area (Å²) < 4.78 is 0.